The molecule has 0 unspecified atom stereocenters. The zero-order valence-corrected chi connectivity index (χ0v) is 22.4. The number of likely N-dealkylation sites (tertiary alicyclic amines) is 2. The first-order valence-corrected chi connectivity index (χ1v) is 14.4. The van der Waals surface area contributed by atoms with E-state index in [-0.39, 0.29) is 11.9 Å². The van der Waals surface area contributed by atoms with Gasteiger partial charge in [0.2, 0.25) is 0 Å². The minimum Gasteiger partial charge on any atom is -0.462 e. The number of carbonyl (C=O) groups is 2. The monoisotopic (exact) mass is 520 g/mol. The summed E-state index contributed by atoms with van der Waals surface area (Å²) < 4.78 is 17.2. The average molecular weight is 521 g/mol. The van der Waals surface area contributed by atoms with Crippen molar-refractivity contribution < 1.29 is 23.8 Å². The Labute approximate surface area is 226 Å². The third kappa shape index (κ3) is 7.14. The van der Waals surface area contributed by atoms with Crippen molar-refractivity contribution in [2.75, 3.05) is 52.5 Å². The van der Waals surface area contributed by atoms with E-state index in [0.29, 0.717) is 30.8 Å². The first-order chi connectivity index (χ1) is 18.7. The Kier molecular flexibility index (Phi) is 9.31. The molecule has 0 aliphatic carbocycles. The number of esters is 2. The van der Waals surface area contributed by atoms with E-state index in [4.69, 9.17) is 14.2 Å². The Morgan fingerprint density at radius 2 is 1.11 bits per heavy atom. The van der Waals surface area contributed by atoms with E-state index < -0.39 is 0 Å². The van der Waals surface area contributed by atoms with Crippen molar-refractivity contribution in [3.63, 3.8) is 0 Å². The number of rotatable bonds is 10. The molecule has 0 spiro atoms. The Hall–Kier alpha value is -2.90. The lowest BCUT2D eigenvalue weighted by atomic mass is 9.97. The maximum atomic E-state index is 12.7. The second kappa shape index (κ2) is 13.3. The number of fused-ring (bicyclic) bond motifs is 2. The molecule has 2 aromatic carbocycles. The Bertz CT molecular complexity index is 1020. The largest absolute Gasteiger partial charge is 0.462 e. The molecule has 2 fully saturated rings. The molecule has 0 saturated carbocycles. The third-order valence-electron chi connectivity index (χ3n) is 7.79. The van der Waals surface area contributed by atoms with E-state index in [0.717, 1.165) is 74.7 Å². The smallest absolute Gasteiger partial charge is 0.338 e. The van der Waals surface area contributed by atoms with Crippen LogP contribution in [0.2, 0.25) is 0 Å². The van der Waals surface area contributed by atoms with Gasteiger partial charge >= 0.3 is 11.9 Å². The predicted octanol–water partition coefficient (Wildman–Crippen LogP) is 5.45. The first-order valence-electron chi connectivity index (χ1n) is 14.4. The fraction of sp³-hybridized carbons (Fsp3) is 0.548. The van der Waals surface area contributed by atoms with Crippen LogP contribution in [0.1, 0.15) is 83.2 Å². The van der Waals surface area contributed by atoms with Gasteiger partial charge < -0.3 is 24.0 Å². The van der Waals surface area contributed by atoms with Crippen molar-refractivity contribution in [3.8, 4) is 11.5 Å². The summed E-state index contributed by atoms with van der Waals surface area (Å²) in [7, 11) is 0. The SMILES string of the molecule is O=C(OCCCN1CCCCC1)c1ccc2c(c1)Cc1cc(C(=O)OCCCN3CCCCC3)ccc1O2. The minimum atomic E-state index is -0.306. The molecule has 5 rings (SSSR count). The van der Waals surface area contributed by atoms with Crippen LogP contribution in [0, 0.1) is 0 Å². The molecule has 0 aromatic heterocycles. The normalized spacial score (nSPS) is 17.7. The lowest BCUT2D eigenvalue weighted by Crippen LogP contribution is -2.31. The van der Waals surface area contributed by atoms with Gasteiger partial charge in [0.05, 0.1) is 24.3 Å². The van der Waals surface area contributed by atoms with Gasteiger partial charge in [0.25, 0.3) is 0 Å². The Balaban J connectivity index is 1.11. The summed E-state index contributed by atoms with van der Waals surface area (Å²) >= 11 is 0. The summed E-state index contributed by atoms with van der Waals surface area (Å²) in [6.45, 7) is 7.41. The molecule has 0 amide bonds. The maximum Gasteiger partial charge on any atom is 0.338 e. The molecule has 7 nitrogen and oxygen atoms in total. The highest BCUT2D eigenvalue weighted by Crippen LogP contribution is 2.37. The molecule has 3 aliphatic heterocycles. The molecule has 3 aliphatic rings. The zero-order valence-electron chi connectivity index (χ0n) is 22.4. The second-order valence-electron chi connectivity index (χ2n) is 10.7. The van der Waals surface area contributed by atoms with Crippen molar-refractivity contribution in [3.05, 3.63) is 58.7 Å². The lowest BCUT2D eigenvalue weighted by molar-refractivity contribution is 0.0476. The van der Waals surface area contributed by atoms with E-state index in [2.05, 4.69) is 9.80 Å². The van der Waals surface area contributed by atoms with Crippen LogP contribution in [0.3, 0.4) is 0 Å². The molecule has 0 atom stereocenters. The van der Waals surface area contributed by atoms with Crippen LogP contribution in [-0.2, 0) is 15.9 Å². The minimum absolute atomic E-state index is 0.306. The fourth-order valence-corrected chi connectivity index (χ4v) is 5.65. The number of benzene rings is 2. The van der Waals surface area contributed by atoms with Crippen LogP contribution in [0.5, 0.6) is 11.5 Å². The summed E-state index contributed by atoms with van der Waals surface area (Å²) in [5, 5.41) is 0. The Morgan fingerprint density at radius 3 is 1.55 bits per heavy atom. The summed E-state index contributed by atoms with van der Waals surface area (Å²) in [5.74, 6) is 0.845. The first kappa shape index (κ1) is 26.7. The van der Waals surface area contributed by atoms with Crippen LogP contribution < -0.4 is 4.74 Å². The second-order valence-corrected chi connectivity index (χ2v) is 10.7. The van der Waals surface area contributed by atoms with E-state index in [1.165, 1.54) is 38.5 Å². The summed E-state index contributed by atoms with van der Waals surface area (Å²) in [6, 6.07) is 10.9. The number of nitrogens with zero attached hydrogens (tertiary/aromatic N) is 2. The molecular weight excluding hydrogens is 480 g/mol. The van der Waals surface area contributed by atoms with Gasteiger partial charge in [0.15, 0.2) is 0 Å². The Morgan fingerprint density at radius 1 is 0.658 bits per heavy atom. The molecule has 3 heterocycles. The van der Waals surface area contributed by atoms with Crippen LogP contribution >= 0.6 is 0 Å². The quantitative estimate of drug-likeness (QED) is 0.260. The number of hydrogen-bond acceptors (Lipinski definition) is 7. The fourth-order valence-electron chi connectivity index (χ4n) is 5.65. The molecular formula is C31H40N2O5. The summed E-state index contributed by atoms with van der Waals surface area (Å²) in [4.78, 5) is 30.2. The molecule has 0 bridgehead atoms. The highest BCUT2D eigenvalue weighted by molar-refractivity contribution is 5.91. The molecule has 0 radical (unpaired) electrons. The molecule has 38 heavy (non-hydrogen) atoms. The summed E-state index contributed by atoms with van der Waals surface area (Å²) in [6.07, 6.45) is 9.99. The van der Waals surface area contributed by atoms with Gasteiger partial charge in [-0.3, -0.25) is 0 Å². The number of ether oxygens (including phenoxy) is 3. The maximum absolute atomic E-state index is 12.7. The van der Waals surface area contributed by atoms with Crippen LogP contribution in [0.4, 0.5) is 0 Å². The molecule has 0 N–H and O–H groups in total. The van der Waals surface area contributed by atoms with E-state index >= 15 is 0 Å². The zero-order chi connectivity index (χ0) is 26.2. The van der Waals surface area contributed by atoms with E-state index in [1.807, 2.05) is 24.3 Å². The van der Waals surface area contributed by atoms with E-state index in [9.17, 15) is 9.59 Å². The van der Waals surface area contributed by atoms with Crippen LogP contribution in [-0.4, -0.2) is 74.2 Å². The lowest BCUT2D eigenvalue weighted by Gasteiger charge is -2.26. The highest BCUT2D eigenvalue weighted by atomic mass is 16.5. The van der Waals surface area contributed by atoms with E-state index in [1.54, 1.807) is 12.1 Å². The van der Waals surface area contributed by atoms with Crippen molar-refractivity contribution in [1.82, 2.24) is 9.80 Å². The van der Waals surface area contributed by atoms with Gasteiger partial charge in [-0.15, -0.1) is 0 Å². The van der Waals surface area contributed by atoms with Gasteiger partial charge in [0.1, 0.15) is 11.5 Å². The third-order valence-corrected chi connectivity index (χ3v) is 7.79. The predicted molar refractivity (Wildman–Crippen MR) is 146 cm³/mol. The van der Waals surface area contributed by atoms with Crippen LogP contribution in [0.25, 0.3) is 0 Å². The summed E-state index contributed by atoms with van der Waals surface area (Å²) in [5.41, 5.74) is 2.87. The average Bonchev–Trinajstić information content (AvgIpc) is 2.96. The number of carbonyl (C=O) groups excluding carboxylic acids is 2. The molecule has 2 aromatic rings. The number of piperidine rings is 2. The van der Waals surface area contributed by atoms with Crippen molar-refractivity contribution >= 4 is 11.9 Å². The highest BCUT2D eigenvalue weighted by Gasteiger charge is 2.21. The van der Waals surface area contributed by atoms with Gasteiger partial charge in [-0.1, -0.05) is 12.8 Å². The van der Waals surface area contributed by atoms with Gasteiger partial charge in [0, 0.05) is 30.6 Å². The topological polar surface area (TPSA) is 68.3 Å². The molecule has 7 heteroatoms. The standard InChI is InChI=1S/C31H40N2O5/c34-30(36-19-7-17-32-13-3-1-4-14-32)24-9-11-28-26(21-24)23-27-22-25(10-12-29(27)38-28)31(35)37-20-8-18-33-15-5-2-6-16-33/h9-12,21-22H,1-8,13-20,23H2. The number of hydrogen-bond donors (Lipinski definition) is 0. The van der Waals surface area contributed by atoms with Gasteiger partial charge in [-0.25, -0.2) is 9.59 Å². The van der Waals surface area contributed by atoms with Crippen molar-refractivity contribution in [2.24, 2.45) is 0 Å². The van der Waals surface area contributed by atoms with Crippen LogP contribution in [0.15, 0.2) is 36.4 Å². The van der Waals surface area contributed by atoms with Gasteiger partial charge in [-0.2, -0.15) is 0 Å². The van der Waals surface area contributed by atoms with Crippen molar-refractivity contribution in [2.45, 2.75) is 57.8 Å². The molecule has 204 valence electrons. The van der Waals surface area contributed by atoms with Gasteiger partial charge in [-0.05, 0) is 101 Å². The molecule has 2 saturated heterocycles. The van der Waals surface area contributed by atoms with Crippen molar-refractivity contribution in [1.29, 1.82) is 0 Å².